The van der Waals surface area contributed by atoms with Crippen LogP contribution in [0.3, 0.4) is 0 Å². The number of methoxy groups -OCH3 is 2. The van der Waals surface area contributed by atoms with Crippen molar-refractivity contribution in [2.24, 2.45) is 0 Å². The van der Waals surface area contributed by atoms with Crippen molar-refractivity contribution in [3.8, 4) is 11.5 Å². The molecule has 1 aliphatic rings. The number of carbonyl (C=O) groups excluding carboxylic acids is 1. The largest absolute Gasteiger partial charge is 0.496 e. The molecule has 0 unspecified atom stereocenters. The standard InChI is InChI=1S/C17H24O4/c1-10-11(2)16-13(12(3)15(10)20-6)7-8-17(4,21-16)9-14(18)19-5/h7-9H2,1-6H3/t17-/m0/s1. The summed E-state index contributed by atoms with van der Waals surface area (Å²) in [6.45, 7) is 8.12. The maximum Gasteiger partial charge on any atom is 0.309 e. The van der Waals surface area contributed by atoms with Gasteiger partial charge in [0, 0.05) is 5.56 Å². The molecule has 0 fully saturated rings. The van der Waals surface area contributed by atoms with E-state index >= 15 is 0 Å². The monoisotopic (exact) mass is 292 g/mol. The van der Waals surface area contributed by atoms with E-state index in [0.717, 1.165) is 41.0 Å². The average Bonchev–Trinajstić information content (AvgIpc) is 2.45. The van der Waals surface area contributed by atoms with Gasteiger partial charge in [0.15, 0.2) is 0 Å². The predicted molar refractivity (Wildman–Crippen MR) is 81.2 cm³/mol. The number of ether oxygens (including phenoxy) is 3. The Morgan fingerprint density at radius 2 is 1.86 bits per heavy atom. The quantitative estimate of drug-likeness (QED) is 0.802. The molecule has 1 aliphatic heterocycles. The zero-order chi connectivity index (χ0) is 15.8. The van der Waals surface area contributed by atoms with E-state index in [0.29, 0.717) is 0 Å². The van der Waals surface area contributed by atoms with E-state index in [1.165, 1.54) is 12.7 Å². The third-order valence-electron chi connectivity index (χ3n) is 4.51. The molecule has 0 N–H and O–H groups in total. The Hall–Kier alpha value is -1.71. The Kier molecular flexibility index (Phi) is 4.17. The Labute approximate surface area is 126 Å². The van der Waals surface area contributed by atoms with Crippen LogP contribution < -0.4 is 9.47 Å². The van der Waals surface area contributed by atoms with Crippen molar-refractivity contribution in [3.63, 3.8) is 0 Å². The van der Waals surface area contributed by atoms with Gasteiger partial charge in [-0.15, -0.1) is 0 Å². The van der Waals surface area contributed by atoms with Gasteiger partial charge in [0.25, 0.3) is 0 Å². The Morgan fingerprint density at radius 1 is 1.19 bits per heavy atom. The van der Waals surface area contributed by atoms with E-state index < -0.39 is 5.60 Å². The van der Waals surface area contributed by atoms with Crippen LogP contribution in [0.25, 0.3) is 0 Å². The molecule has 1 aromatic rings. The van der Waals surface area contributed by atoms with Crippen molar-refractivity contribution in [1.82, 2.24) is 0 Å². The summed E-state index contributed by atoms with van der Waals surface area (Å²) < 4.78 is 16.5. The van der Waals surface area contributed by atoms with Crippen LogP contribution in [-0.4, -0.2) is 25.8 Å². The molecule has 4 heteroatoms. The van der Waals surface area contributed by atoms with Crippen LogP contribution >= 0.6 is 0 Å². The highest BCUT2D eigenvalue weighted by atomic mass is 16.5. The highest BCUT2D eigenvalue weighted by Gasteiger charge is 2.36. The fourth-order valence-electron chi connectivity index (χ4n) is 3.09. The second-order valence-corrected chi connectivity index (χ2v) is 6.02. The highest BCUT2D eigenvalue weighted by molar-refractivity contribution is 5.71. The van der Waals surface area contributed by atoms with Gasteiger partial charge >= 0.3 is 5.97 Å². The molecule has 1 aromatic carbocycles. The fourth-order valence-corrected chi connectivity index (χ4v) is 3.09. The van der Waals surface area contributed by atoms with Crippen molar-refractivity contribution in [3.05, 3.63) is 22.3 Å². The van der Waals surface area contributed by atoms with E-state index in [9.17, 15) is 4.79 Å². The van der Waals surface area contributed by atoms with Crippen LogP contribution in [0.2, 0.25) is 0 Å². The molecule has 116 valence electrons. The molecule has 2 rings (SSSR count). The first-order chi connectivity index (χ1) is 9.83. The minimum atomic E-state index is -0.502. The van der Waals surface area contributed by atoms with Gasteiger partial charge in [-0.05, 0) is 57.2 Å². The molecule has 1 heterocycles. The van der Waals surface area contributed by atoms with Gasteiger partial charge < -0.3 is 14.2 Å². The summed E-state index contributed by atoms with van der Waals surface area (Å²) in [5.74, 6) is 1.61. The molecule has 0 saturated heterocycles. The number of rotatable bonds is 3. The zero-order valence-electron chi connectivity index (χ0n) is 13.8. The van der Waals surface area contributed by atoms with Crippen molar-refractivity contribution in [2.45, 2.75) is 52.6 Å². The Morgan fingerprint density at radius 3 is 2.43 bits per heavy atom. The summed E-state index contributed by atoms with van der Waals surface area (Å²) in [4.78, 5) is 11.6. The van der Waals surface area contributed by atoms with Gasteiger partial charge in [0.1, 0.15) is 17.1 Å². The predicted octanol–water partition coefficient (Wildman–Crippen LogP) is 3.27. The molecule has 1 atom stereocenters. The molecule has 0 aliphatic carbocycles. The molecule has 0 amide bonds. The number of hydrogen-bond acceptors (Lipinski definition) is 4. The van der Waals surface area contributed by atoms with Crippen molar-refractivity contribution in [1.29, 1.82) is 0 Å². The maximum absolute atomic E-state index is 11.6. The summed E-state index contributed by atoms with van der Waals surface area (Å²) in [7, 11) is 3.11. The summed E-state index contributed by atoms with van der Waals surface area (Å²) in [5.41, 5.74) is 4.01. The summed E-state index contributed by atoms with van der Waals surface area (Å²) in [6.07, 6.45) is 1.94. The van der Waals surface area contributed by atoms with E-state index in [4.69, 9.17) is 14.2 Å². The smallest absolute Gasteiger partial charge is 0.309 e. The number of hydrogen-bond donors (Lipinski definition) is 0. The van der Waals surface area contributed by atoms with Gasteiger partial charge in [-0.25, -0.2) is 0 Å². The van der Waals surface area contributed by atoms with E-state index in [-0.39, 0.29) is 12.4 Å². The SMILES string of the molecule is COC(=O)C[C@]1(C)CCc2c(C)c(OC)c(C)c(C)c2O1. The number of fused-ring (bicyclic) bond motifs is 1. The normalized spacial score (nSPS) is 20.5. The van der Waals surface area contributed by atoms with Crippen molar-refractivity contribution < 1.29 is 19.0 Å². The zero-order valence-corrected chi connectivity index (χ0v) is 13.8. The van der Waals surface area contributed by atoms with Gasteiger partial charge in [0.2, 0.25) is 0 Å². The van der Waals surface area contributed by atoms with Crippen LogP contribution in [0.1, 0.15) is 42.0 Å². The van der Waals surface area contributed by atoms with Gasteiger partial charge in [-0.3, -0.25) is 4.79 Å². The average molecular weight is 292 g/mol. The molecule has 0 radical (unpaired) electrons. The van der Waals surface area contributed by atoms with Crippen LogP contribution in [0.4, 0.5) is 0 Å². The second kappa shape index (κ2) is 5.58. The fraction of sp³-hybridized carbons (Fsp3) is 0.588. The van der Waals surface area contributed by atoms with Gasteiger partial charge in [-0.1, -0.05) is 0 Å². The molecule has 0 spiro atoms. The minimum Gasteiger partial charge on any atom is -0.496 e. The minimum absolute atomic E-state index is 0.236. The molecular weight excluding hydrogens is 268 g/mol. The van der Waals surface area contributed by atoms with Crippen LogP contribution in [0, 0.1) is 20.8 Å². The molecule has 0 saturated carbocycles. The Balaban J connectivity index is 2.44. The number of benzene rings is 1. The first-order valence-corrected chi connectivity index (χ1v) is 7.25. The summed E-state index contributed by atoms with van der Waals surface area (Å²) >= 11 is 0. The second-order valence-electron chi connectivity index (χ2n) is 6.02. The molecule has 0 aromatic heterocycles. The maximum atomic E-state index is 11.6. The Bertz CT molecular complexity index is 577. The van der Waals surface area contributed by atoms with E-state index in [2.05, 4.69) is 6.92 Å². The summed E-state index contributed by atoms with van der Waals surface area (Å²) in [5, 5.41) is 0. The van der Waals surface area contributed by atoms with Crippen LogP contribution in [0.15, 0.2) is 0 Å². The third kappa shape index (κ3) is 2.71. The first kappa shape index (κ1) is 15.7. The summed E-state index contributed by atoms with van der Waals surface area (Å²) in [6, 6.07) is 0. The van der Waals surface area contributed by atoms with Crippen molar-refractivity contribution >= 4 is 5.97 Å². The number of carbonyl (C=O) groups is 1. The lowest BCUT2D eigenvalue weighted by Crippen LogP contribution is -2.39. The highest BCUT2D eigenvalue weighted by Crippen LogP contribution is 2.44. The van der Waals surface area contributed by atoms with Gasteiger partial charge in [0.05, 0.1) is 20.6 Å². The first-order valence-electron chi connectivity index (χ1n) is 7.25. The van der Waals surface area contributed by atoms with E-state index in [1.54, 1.807) is 7.11 Å². The lowest BCUT2D eigenvalue weighted by Gasteiger charge is -2.37. The van der Waals surface area contributed by atoms with Crippen LogP contribution in [-0.2, 0) is 16.0 Å². The molecule has 0 bridgehead atoms. The van der Waals surface area contributed by atoms with Crippen LogP contribution in [0.5, 0.6) is 11.5 Å². The van der Waals surface area contributed by atoms with E-state index in [1.807, 2.05) is 20.8 Å². The molecular formula is C17H24O4. The van der Waals surface area contributed by atoms with Crippen molar-refractivity contribution in [2.75, 3.05) is 14.2 Å². The van der Waals surface area contributed by atoms with Gasteiger partial charge in [-0.2, -0.15) is 0 Å². The number of esters is 1. The lowest BCUT2D eigenvalue weighted by molar-refractivity contribution is -0.145. The molecule has 4 nitrogen and oxygen atoms in total. The third-order valence-corrected chi connectivity index (χ3v) is 4.51. The topological polar surface area (TPSA) is 44.8 Å². The lowest BCUT2D eigenvalue weighted by atomic mass is 9.85. The molecule has 21 heavy (non-hydrogen) atoms.